The fraction of sp³-hybridized carbons (Fsp3) is 0.312. The van der Waals surface area contributed by atoms with Crippen LogP contribution >= 0.6 is 0 Å². The predicted molar refractivity (Wildman–Crippen MR) is 88.4 cm³/mol. The Bertz CT molecular complexity index is 737. The van der Waals surface area contributed by atoms with E-state index in [1.54, 1.807) is 35.4 Å². The molecule has 1 aromatic heterocycles. The summed E-state index contributed by atoms with van der Waals surface area (Å²) in [5.74, 6) is -0.295. The monoisotopic (exact) mass is 329 g/mol. The minimum Gasteiger partial charge on any atom is -0.399 e. The fourth-order valence-electron chi connectivity index (χ4n) is 2.45. The van der Waals surface area contributed by atoms with Crippen molar-refractivity contribution in [2.45, 2.75) is 6.54 Å². The molecule has 2 amide bonds. The van der Waals surface area contributed by atoms with Crippen LogP contribution in [0, 0.1) is 0 Å². The van der Waals surface area contributed by atoms with Crippen LogP contribution in [0.5, 0.6) is 0 Å². The number of anilines is 2. The normalized spacial score (nSPS) is 14.4. The number of hydrogen-bond donors (Lipinski definition) is 2. The average molecular weight is 329 g/mol. The molecule has 24 heavy (non-hydrogen) atoms. The highest BCUT2D eigenvalue weighted by atomic mass is 16.5. The summed E-state index contributed by atoms with van der Waals surface area (Å²) in [5, 5.41) is 6.85. The van der Waals surface area contributed by atoms with Crippen LogP contribution in [0.1, 0.15) is 10.4 Å². The second-order valence-electron chi connectivity index (χ2n) is 5.50. The Morgan fingerprint density at radius 2 is 2.08 bits per heavy atom. The van der Waals surface area contributed by atoms with Crippen molar-refractivity contribution in [3.8, 4) is 0 Å². The molecule has 1 aromatic carbocycles. The van der Waals surface area contributed by atoms with Gasteiger partial charge in [-0.05, 0) is 18.2 Å². The highest BCUT2D eigenvalue weighted by Crippen LogP contribution is 2.11. The number of rotatable bonds is 4. The lowest BCUT2D eigenvalue weighted by molar-refractivity contribution is -0.136. The molecule has 0 unspecified atom stereocenters. The summed E-state index contributed by atoms with van der Waals surface area (Å²) in [7, 11) is 0. The highest BCUT2D eigenvalue weighted by Gasteiger charge is 2.17. The van der Waals surface area contributed by atoms with Gasteiger partial charge in [0, 0.05) is 30.5 Å². The number of benzene rings is 1. The van der Waals surface area contributed by atoms with Gasteiger partial charge in [0.15, 0.2) is 0 Å². The maximum atomic E-state index is 12.2. The molecule has 0 saturated carbocycles. The fourth-order valence-corrected chi connectivity index (χ4v) is 2.45. The largest absolute Gasteiger partial charge is 0.399 e. The summed E-state index contributed by atoms with van der Waals surface area (Å²) in [5.41, 5.74) is 7.18. The molecular formula is C16H19N5O3. The highest BCUT2D eigenvalue weighted by molar-refractivity contribution is 6.04. The summed E-state index contributed by atoms with van der Waals surface area (Å²) >= 11 is 0. The quantitative estimate of drug-likeness (QED) is 0.799. The standard InChI is InChI=1S/C16H19N5O3/c17-13-3-1-2-12(8-13)16(23)19-14-9-18-21(10-14)11-15(22)20-4-6-24-7-5-20/h1-3,8-10H,4-7,11,17H2,(H,19,23). The van der Waals surface area contributed by atoms with Crippen molar-refractivity contribution in [2.24, 2.45) is 0 Å². The van der Waals surface area contributed by atoms with Gasteiger partial charge in [-0.1, -0.05) is 6.07 Å². The van der Waals surface area contributed by atoms with Gasteiger partial charge in [-0.15, -0.1) is 0 Å². The number of carbonyl (C=O) groups excluding carboxylic acids is 2. The maximum absolute atomic E-state index is 12.2. The molecule has 1 saturated heterocycles. The molecule has 0 aliphatic carbocycles. The van der Waals surface area contributed by atoms with E-state index >= 15 is 0 Å². The molecule has 0 spiro atoms. The van der Waals surface area contributed by atoms with Gasteiger partial charge in [0.1, 0.15) is 6.54 Å². The first-order valence-corrected chi connectivity index (χ1v) is 7.67. The molecule has 0 atom stereocenters. The van der Waals surface area contributed by atoms with Crippen molar-refractivity contribution in [3.05, 3.63) is 42.2 Å². The molecule has 1 aliphatic rings. The zero-order valence-corrected chi connectivity index (χ0v) is 13.1. The van der Waals surface area contributed by atoms with Crippen LogP contribution in [0.4, 0.5) is 11.4 Å². The van der Waals surface area contributed by atoms with Gasteiger partial charge in [-0.3, -0.25) is 14.3 Å². The molecular weight excluding hydrogens is 310 g/mol. The van der Waals surface area contributed by atoms with E-state index in [1.807, 2.05) is 0 Å². The minimum absolute atomic E-state index is 0.0184. The van der Waals surface area contributed by atoms with E-state index in [9.17, 15) is 9.59 Å². The lowest BCUT2D eigenvalue weighted by atomic mass is 10.2. The van der Waals surface area contributed by atoms with E-state index in [-0.39, 0.29) is 18.4 Å². The number of carbonyl (C=O) groups is 2. The molecule has 3 rings (SSSR count). The number of nitrogens with one attached hydrogen (secondary N) is 1. The average Bonchev–Trinajstić information content (AvgIpc) is 3.02. The molecule has 1 fully saturated rings. The van der Waals surface area contributed by atoms with Crippen LogP contribution in [0.3, 0.4) is 0 Å². The van der Waals surface area contributed by atoms with Crippen LogP contribution in [0.25, 0.3) is 0 Å². The minimum atomic E-state index is -0.277. The van der Waals surface area contributed by atoms with Crippen LogP contribution in [0.2, 0.25) is 0 Å². The first kappa shape index (κ1) is 16.0. The lowest BCUT2D eigenvalue weighted by Crippen LogP contribution is -2.42. The van der Waals surface area contributed by atoms with Crippen LogP contribution in [0.15, 0.2) is 36.7 Å². The molecule has 1 aliphatic heterocycles. The molecule has 8 heteroatoms. The topological polar surface area (TPSA) is 102 Å². The predicted octanol–water partition coefficient (Wildman–Crippen LogP) is 0.576. The molecule has 126 valence electrons. The van der Waals surface area contributed by atoms with E-state index in [0.717, 1.165) is 0 Å². The lowest BCUT2D eigenvalue weighted by Gasteiger charge is -2.26. The summed E-state index contributed by atoms with van der Waals surface area (Å²) in [6.45, 7) is 2.45. The van der Waals surface area contributed by atoms with Gasteiger partial charge >= 0.3 is 0 Å². The summed E-state index contributed by atoms with van der Waals surface area (Å²) in [4.78, 5) is 26.1. The van der Waals surface area contributed by atoms with Gasteiger partial charge in [-0.25, -0.2) is 0 Å². The zero-order chi connectivity index (χ0) is 16.9. The molecule has 3 N–H and O–H groups in total. The van der Waals surface area contributed by atoms with Gasteiger partial charge in [0.2, 0.25) is 5.91 Å². The Hall–Kier alpha value is -2.87. The number of morpholine rings is 1. The number of aromatic nitrogens is 2. The third kappa shape index (κ3) is 3.90. The second-order valence-corrected chi connectivity index (χ2v) is 5.50. The van der Waals surface area contributed by atoms with E-state index in [0.29, 0.717) is 43.2 Å². The summed E-state index contributed by atoms with van der Waals surface area (Å²) < 4.78 is 6.73. The van der Waals surface area contributed by atoms with E-state index in [2.05, 4.69) is 10.4 Å². The number of nitrogens with zero attached hydrogens (tertiary/aromatic N) is 3. The summed E-state index contributed by atoms with van der Waals surface area (Å²) in [6, 6.07) is 6.71. The second kappa shape index (κ2) is 7.14. The molecule has 0 bridgehead atoms. The van der Waals surface area contributed by atoms with Crippen molar-refractivity contribution in [1.82, 2.24) is 14.7 Å². The van der Waals surface area contributed by atoms with E-state index in [4.69, 9.17) is 10.5 Å². The maximum Gasteiger partial charge on any atom is 0.255 e. The van der Waals surface area contributed by atoms with Crippen molar-refractivity contribution >= 4 is 23.2 Å². The third-order valence-corrected chi connectivity index (χ3v) is 3.70. The smallest absolute Gasteiger partial charge is 0.255 e. The van der Waals surface area contributed by atoms with Crippen LogP contribution in [-0.2, 0) is 16.1 Å². The molecule has 2 heterocycles. The Labute approximate surface area is 139 Å². The van der Waals surface area contributed by atoms with E-state index in [1.165, 1.54) is 10.9 Å². The van der Waals surface area contributed by atoms with Gasteiger partial charge in [-0.2, -0.15) is 5.10 Å². The van der Waals surface area contributed by atoms with Crippen LogP contribution < -0.4 is 11.1 Å². The van der Waals surface area contributed by atoms with Gasteiger partial charge in [0.25, 0.3) is 5.91 Å². The van der Waals surface area contributed by atoms with E-state index < -0.39 is 0 Å². The SMILES string of the molecule is Nc1cccc(C(=O)Nc2cnn(CC(=O)N3CCOCC3)c2)c1. The van der Waals surface area contributed by atoms with Crippen molar-refractivity contribution in [2.75, 3.05) is 37.4 Å². The first-order valence-electron chi connectivity index (χ1n) is 7.67. The first-order chi connectivity index (χ1) is 11.6. The number of amides is 2. The van der Waals surface area contributed by atoms with Crippen molar-refractivity contribution < 1.29 is 14.3 Å². The third-order valence-electron chi connectivity index (χ3n) is 3.70. The number of nitrogen functional groups attached to an aromatic ring is 1. The Morgan fingerprint density at radius 1 is 1.29 bits per heavy atom. The van der Waals surface area contributed by atoms with Crippen molar-refractivity contribution in [1.29, 1.82) is 0 Å². The molecule has 8 nitrogen and oxygen atoms in total. The molecule has 0 radical (unpaired) electrons. The van der Waals surface area contributed by atoms with Crippen LogP contribution in [-0.4, -0.2) is 52.8 Å². The van der Waals surface area contributed by atoms with Gasteiger partial charge in [0.05, 0.1) is 25.1 Å². The summed E-state index contributed by atoms with van der Waals surface area (Å²) in [6.07, 6.45) is 3.14. The molecule has 2 aromatic rings. The number of nitrogens with two attached hydrogens (primary N) is 1. The Balaban J connectivity index is 1.59. The number of hydrogen-bond acceptors (Lipinski definition) is 5. The van der Waals surface area contributed by atoms with Crippen molar-refractivity contribution in [3.63, 3.8) is 0 Å². The zero-order valence-electron chi connectivity index (χ0n) is 13.1. The Morgan fingerprint density at radius 3 is 2.83 bits per heavy atom. The Kier molecular flexibility index (Phi) is 4.76. The number of ether oxygens (including phenoxy) is 1. The van der Waals surface area contributed by atoms with Gasteiger partial charge < -0.3 is 20.7 Å².